The fraction of sp³-hybridized carbons (Fsp3) is 0.714. The fourth-order valence-electron chi connectivity index (χ4n) is 0.575. The summed E-state index contributed by atoms with van der Waals surface area (Å²) in [5.41, 5.74) is 0. The lowest BCUT2D eigenvalue weighted by Gasteiger charge is -2.12. The lowest BCUT2D eigenvalue weighted by atomic mass is 10.2. The van der Waals surface area contributed by atoms with Crippen molar-refractivity contribution in [3.63, 3.8) is 0 Å². The van der Waals surface area contributed by atoms with Crippen LogP contribution >= 0.6 is 0 Å². The van der Waals surface area contributed by atoms with E-state index in [-0.39, 0.29) is 13.2 Å². The number of carboxylic acids is 1. The van der Waals surface area contributed by atoms with E-state index in [0.717, 1.165) is 0 Å². The second-order valence-corrected chi connectivity index (χ2v) is 2.39. The number of aliphatic carboxylic acids is 1. The van der Waals surface area contributed by atoms with Gasteiger partial charge in [-0.15, -0.1) is 0 Å². The predicted molar refractivity (Wildman–Crippen MR) is 42.5 cm³/mol. The number of carboxylic acid groups (broad SMARTS) is 1. The lowest BCUT2D eigenvalue weighted by molar-refractivity contribution is -0.170. The SMILES string of the molecule is COCCOC(=O)C(O)C(O)C(=O)O. The molecule has 7 heteroatoms. The van der Waals surface area contributed by atoms with E-state index in [9.17, 15) is 9.59 Å². The number of rotatable bonds is 6. The molecule has 0 radical (unpaired) electrons. The van der Waals surface area contributed by atoms with Gasteiger partial charge in [0.1, 0.15) is 6.61 Å². The predicted octanol–water partition coefficient (Wildman–Crippen LogP) is -2.02. The van der Waals surface area contributed by atoms with E-state index in [1.54, 1.807) is 0 Å². The zero-order valence-electron chi connectivity index (χ0n) is 7.54. The van der Waals surface area contributed by atoms with Crippen molar-refractivity contribution in [2.45, 2.75) is 12.2 Å². The van der Waals surface area contributed by atoms with Gasteiger partial charge in [-0.3, -0.25) is 0 Å². The van der Waals surface area contributed by atoms with Crippen molar-refractivity contribution in [1.82, 2.24) is 0 Å². The normalized spacial score (nSPS) is 14.5. The summed E-state index contributed by atoms with van der Waals surface area (Å²) in [7, 11) is 1.39. The highest BCUT2D eigenvalue weighted by molar-refractivity contribution is 5.84. The maximum absolute atomic E-state index is 10.8. The molecule has 3 N–H and O–H groups in total. The van der Waals surface area contributed by atoms with Gasteiger partial charge in [-0.2, -0.15) is 0 Å². The second kappa shape index (κ2) is 6.30. The van der Waals surface area contributed by atoms with Gasteiger partial charge in [0.15, 0.2) is 12.2 Å². The third-order valence-corrected chi connectivity index (χ3v) is 1.33. The Morgan fingerprint density at radius 3 is 2.21 bits per heavy atom. The van der Waals surface area contributed by atoms with Crippen molar-refractivity contribution in [2.24, 2.45) is 0 Å². The van der Waals surface area contributed by atoms with Crippen LogP contribution in [0.25, 0.3) is 0 Å². The standard InChI is InChI=1S/C7H12O7/c1-13-2-3-14-7(12)5(9)4(8)6(10)11/h4-5,8-9H,2-3H2,1H3,(H,10,11). The van der Waals surface area contributed by atoms with Gasteiger partial charge in [0, 0.05) is 7.11 Å². The van der Waals surface area contributed by atoms with Gasteiger partial charge < -0.3 is 24.8 Å². The van der Waals surface area contributed by atoms with E-state index < -0.39 is 24.1 Å². The summed E-state index contributed by atoms with van der Waals surface area (Å²) in [5, 5.41) is 25.9. The highest BCUT2D eigenvalue weighted by Gasteiger charge is 2.31. The van der Waals surface area contributed by atoms with Crippen LogP contribution in [-0.4, -0.2) is 59.8 Å². The summed E-state index contributed by atoms with van der Waals surface area (Å²) in [4.78, 5) is 20.9. The van der Waals surface area contributed by atoms with Crippen molar-refractivity contribution in [3.8, 4) is 0 Å². The molecular formula is C7H12O7. The van der Waals surface area contributed by atoms with Crippen LogP contribution < -0.4 is 0 Å². The van der Waals surface area contributed by atoms with E-state index in [1.165, 1.54) is 7.11 Å². The molecule has 0 aliphatic rings. The topological polar surface area (TPSA) is 113 Å². The average Bonchev–Trinajstić information content (AvgIpc) is 2.15. The van der Waals surface area contributed by atoms with Gasteiger partial charge in [-0.05, 0) is 0 Å². The molecule has 0 spiro atoms. The number of methoxy groups -OCH3 is 1. The molecule has 0 aliphatic carbocycles. The molecule has 14 heavy (non-hydrogen) atoms. The van der Waals surface area contributed by atoms with Crippen LogP contribution in [0.4, 0.5) is 0 Å². The molecule has 0 aromatic rings. The number of aliphatic hydroxyl groups is 2. The summed E-state index contributed by atoms with van der Waals surface area (Å²) >= 11 is 0. The first-order valence-corrected chi connectivity index (χ1v) is 3.75. The van der Waals surface area contributed by atoms with Crippen LogP contribution in [0.15, 0.2) is 0 Å². The molecule has 2 atom stereocenters. The highest BCUT2D eigenvalue weighted by atomic mass is 16.6. The third-order valence-electron chi connectivity index (χ3n) is 1.33. The van der Waals surface area contributed by atoms with Crippen molar-refractivity contribution < 1.29 is 34.4 Å². The molecule has 2 unspecified atom stereocenters. The first-order chi connectivity index (χ1) is 6.50. The van der Waals surface area contributed by atoms with Crippen LogP contribution in [0.1, 0.15) is 0 Å². The lowest BCUT2D eigenvalue weighted by Crippen LogP contribution is -2.40. The monoisotopic (exact) mass is 208 g/mol. The molecule has 82 valence electrons. The molecule has 0 aromatic carbocycles. The zero-order valence-corrected chi connectivity index (χ0v) is 7.54. The molecule has 7 nitrogen and oxygen atoms in total. The van der Waals surface area contributed by atoms with Gasteiger partial charge in [0.2, 0.25) is 0 Å². The van der Waals surface area contributed by atoms with E-state index in [4.69, 9.17) is 15.3 Å². The molecule has 0 rings (SSSR count). The molecule has 0 heterocycles. The Kier molecular flexibility index (Phi) is 5.77. The Morgan fingerprint density at radius 2 is 1.79 bits per heavy atom. The largest absolute Gasteiger partial charge is 0.479 e. The molecule has 0 fully saturated rings. The third kappa shape index (κ3) is 4.17. The van der Waals surface area contributed by atoms with Gasteiger partial charge in [0.05, 0.1) is 6.61 Å². The molecule has 0 bridgehead atoms. The van der Waals surface area contributed by atoms with E-state index in [1.807, 2.05) is 0 Å². The number of ether oxygens (including phenoxy) is 2. The first-order valence-electron chi connectivity index (χ1n) is 3.75. The Morgan fingerprint density at radius 1 is 1.21 bits per heavy atom. The number of hydrogen-bond acceptors (Lipinski definition) is 6. The van der Waals surface area contributed by atoms with Crippen molar-refractivity contribution in [1.29, 1.82) is 0 Å². The van der Waals surface area contributed by atoms with Gasteiger partial charge >= 0.3 is 11.9 Å². The Labute approximate surface area is 79.9 Å². The highest BCUT2D eigenvalue weighted by Crippen LogP contribution is 1.97. The Hall–Kier alpha value is -1.18. The van der Waals surface area contributed by atoms with E-state index >= 15 is 0 Å². The minimum absolute atomic E-state index is 0.112. The van der Waals surface area contributed by atoms with Gasteiger partial charge in [-0.25, -0.2) is 9.59 Å². The van der Waals surface area contributed by atoms with Crippen LogP contribution in [0.2, 0.25) is 0 Å². The molecule has 0 amide bonds. The summed E-state index contributed by atoms with van der Waals surface area (Å²) in [6, 6.07) is 0. The summed E-state index contributed by atoms with van der Waals surface area (Å²) in [6.45, 7) is 0.0142. The van der Waals surface area contributed by atoms with Gasteiger partial charge in [0.25, 0.3) is 0 Å². The average molecular weight is 208 g/mol. The summed E-state index contributed by atoms with van der Waals surface area (Å²) in [5.74, 6) is -2.89. The van der Waals surface area contributed by atoms with Gasteiger partial charge in [-0.1, -0.05) is 0 Å². The molecular weight excluding hydrogens is 196 g/mol. The molecule has 0 saturated heterocycles. The van der Waals surface area contributed by atoms with Crippen LogP contribution in [0.5, 0.6) is 0 Å². The number of esters is 1. The van der Waals surface area contributed by atoms with Crippen molar-refractivity contribution in [3.05, 3.63) is 0 Å². The summed E-state index contributed by atoms with van der Waals surface area (Å²) in [6.07, 6.45) is -4.26. The molecule has 0 aromatic heterocycles. The minimum Gasteiger partial charge on any atom is -0.479 e. The van der Waals surface area contributed by atoms with E-state index in [2.05, 4.69) is 9.47 Å². The van der Waals surface area contributed by atoms with Crippen LogP contribution in [-0.2, 0) is 19.1 Å². The first kappa shape index (κ1) is 12.8. The smallest absolute Gasteiger partial charge is 0.338 e. The number of hydrogen-bond donors (Lipinski definition) is 3. The fourth-order valence-corrected chi connectivity index (χ4v) is 0.575. The number of carbonyl (C=O) groups excluding carboxylic acids is 1. The number of aliphatic hydroxyl groups excluding tert-OH is 2. The van der Waals surface area contributed by atoms with Crippen molar-refractivity contribution >= 4 is 11.9 Å². The number of carbonyl (C=O) groups is 2. The quantitative estimate of drug-likeness (QED) is 0.341. The zero-order chi connectivity index (χ0) is 11.1. The van der Waals surface area contributed by atoms with E-state index in [0.29, 0.717) is 0 Å². The second-order valence-electron chi connectivity index (χ2n) is 2.39. The van der Waals surface area contributed by atoms with Crippen LogP contribution in [0.3, 0.4) is 0 Å². The maximum atomic E-state index is 10.8. The van der Waals surface area contributed by atoms with Crippen molar-refractivity contribution in [2.75, 3.05) is 20.3 Å². The molecule has 0 saturated carbocycles. The Balaban J connectivity index is 3.92. The maximum Gasteiger partial charge on any atom is 0.338 e. The Bertz CT molecular complexity index is 202. The van der Waals surface area contributed by atoms with Crippen LogP contribution in [0, 0.1) is 0 Å². The molecule has 0 aliphatic heterocycles. The minimum atomic E-state index is -2.18. The summed E-state index contributed by atoms with van der Waals surface area (Å²) < 4.78 is 8.92.